The van der Waals surface area contributed by atoms with Gasteiger partial charge in [0.25, 0.3) is 5.91 Å². The van der Waals surface area contributed by atoms with E-state index < -0.39 is 11.7 Å². The Kier molecular flexibility index (Phi) is 5.34. The minimum atomic E-state index is -0.590. The highest BCUT2D eigenvalue weighted by molar-refractivity contribution is 5.95. The molecule has 0 spiro atoms. The summed E-state index contributed by atoms with van der Waals surface area (Å²) in [4.78, 5) is 26.5. The summed E-state index contributed by atoms with van der Waals surface area (Å²) in [5.74, 6) is 0.237. The van der Waals surface area contributed by atoms with Crippen molar-refractivity contribution in [1.29, 1.82) is 0 Å². The van der Waals surface area contributed by atoms with E-state index in [2.05, 4.69) is 0 Å². The fourth-order valence-corrected chi connectivity index (χ4v) is 3.26. The van der Waals surface area contributed by atoms with Crippen LogP contribution in [0, 0.1) is 6.92 Å². The lowest BCUT2D eigenvalue weighted by atomic mass is 10.0. The van der Waals surface area contributed by atoms with E-state index in [-0.39, 0.29) is 18.0 Å². The first-order valence-corrected chi connectivity index (χ1v) is 8.69. The molecule has 0 radical (unpaired) electrons. The van der Waals surface area contributed by atoms with Gasteiger partial charge in [-0.25, -0.2) is 4.79 Å². The lowest BCUT2D eigenvalue weighted by molar-refractivity contribution is 0.0469. The first-order chi connectivity index (χ1) is 12.0. The van der Waals surface area contributed by atoms with Gasteiger partial charge >= 0.3 is 5.63 Å². The van der Waals surface area contributed by atoms with Crippen molar-refractivity contribution in [3.05, 3.63) is 69.3 Å². The van der Waals surface area contributed by atoms with Gasteiger partial charge in [-0.1, -0.05) is 30.3 Å². The molecule has 1 aliphatic heterocycles. The minimum Gasteiger partial charge on any atom is -0.427 e. The second kappa shape index (κ2) is 7.66. The molecule has 1 N–H and O–H groups in total. The molecule has 0 bridgehead atoms. The molecule has 1 saturated heterocycles. The molecule has 3 rings (SSSR count). The summed E-state index contributed by atoms with van der Waals surface area (Å²) >= 11 is 0. The second-order valence-corrected chi connectivity index (χ2v) is 6.59. The number of rotatable bonds is 4. The Balaban J connectivity index is 1.76. The SMILES string of the molecule is Cc1cc(CCc2ccccc2)oc(=O)c1C(=O)N1CCCC(O)C1. The van der Waals surface area contributed by atoms with Crippen molar-refractivity contribution >= 4 is 5.91 Å². The maximum atomic E-state index is 12.6. The summed E-state index contributed by atoms with van der Waals surface area (Å²) in [7, 11) is 0. The molecule has 1 aliphatic rings. The maximum absolute atomic E-state index is 12.6. The molecule has 1 amide bonds. The van der Waals surface area contributed by atoms with Crippen LogP contribution in [0.1, 0.15) is 40.1 Å². The van der Waals surface area contributed by atoms with Crippen LogP contribution >= 0.6 is 0 Å². The molecule has 5 heteroatoms. The van der Waals surface area contributed by atoms with Gasteiger partial charge < -0.3 is 14.4 Å². The van der Waals surface area contributed by atoms with E-state index in [1.807, 2.05) is 30.3 Å². The van der Waals surface area contributed by atoms with E-state index >= 15 is 0 Å². The second-order valence-electron chi connectivity index (χ2n) is 6.59. The van der Waals surface area contributed by atoms with Crippen LogP contribution in [0.25, 0.3) is 0 Å². The van der Waals surface area contributed by atoms with Gasteiger partial charge in [0.15, 0.2) is 0 Å². The quantitative estimate of drug-likeness (QED) is 0.926. The third-order valence-corrected chi connectivity index (χ3v) is 4.60. The Morgan fingerprint density at radius 2 is 2.04 bits per heavy atom. The summed E-state index contributed by atoms with van der Waals surface area (Å²) < 4.78 is 5.38. The summed E-state index contributed by atoms with van der Waals surface area (Å²) in [5.41, 5.74) is 1.29. The van der Waals surface area contributed by atoms with Crippen molar-refractivity contribution in [1.82, 2.24) is 4.90 Å². The Hall–Kier alpha value is -2.40. The highest BCUT2D eigenvalue weighted by Gasteiger charge is 2.27. The van der Waals surface area contributed by atoms with Crippen LogP contribution in [0.2, 0.25) is 0 Å². The number of amides is 1. The molecule has 1 aromatic carbocycles. The highest BCUT2D eigenvalue weighted by atomic mass is 16.4. The molecule has 0 saturated carbocycles. The van der Waals surface area contributed by atoms with E-state index in [0.29, 0.717) is 30.7 Å². The predicted octanol–water partition coefficient (Wildman–Crippen LogP) is 2.33. The van der Waals surface area contributed by atoms with Crippen LogP contribution in [0.4, 0.5) is 0 Å². The molecule has 5 nitrogen and oxygen atoms in total. The molecule has 2 aromatic rings. The van der Waals surface area contributed by atoms with E-state index in [1.54, 1.807) is 13.0 Å². The van der Waals surface area contributed by atoms with Crippen molar-refractivity contribution in [3.8, 4) is 0 Å². The molecule has 25 heavy (non-hydrogen) atoms. The zero-order valence-electron chi connectivity index (χ0n) is 14.4. The largest absolute Gasteiger partial charge is 0.427 e. The van der Waals surface area contributed by atoms with Crippen LogP contribution in [0.5, 0.6) is 0 Å². The normalized spacial score (nSPS) is 17.5. The van der Waals surface area contributed by atoms with E-state index in [9.17, 15) is 14.7 Å². The third-order valence-electron chi connectivity index (χ3n) is 4.60. The summed E-state index contributed by atoms with van der Waals surface area (Å²) in [5, 5.41) is 9.74. The topological polar surface area (TPSA) is 70.8 Å². The molecule has 132 valence electrons. The lowest BCUT2D eigenvalue weighted by Crippen LogP contribution is -2.43. The Morgan fingerprint density at radius 1 is 1.28 bits per heavy atom. The minimum absolute atomic E-state index is 0.0811. The number of aryl methyl sites for hydroxylation is 3. The summed E-state index contributed by atoms with van der Waals surface area (Å²) in [6.45, 7) is 2.59. The zero-order valence-corrected chi connectivity index (χ0v) is 14.4. The van der Waals surface area contributed by atoms with Crippen LogP contribution < -0.4 is 5.63 Å². The van der Waals surface area contributed by atoms with E-state index in [1.165, 1.54) is 10.5 Å². The number of benzene rings is 1. The number of piperidine rings is 1. The molecule has 1 unspecified atom stereocenters. The fraction of sp³-hybridized carbons (Fsp3) is 0.400. The highest BCUT2D eigenvalue weighted by Crippen LogP contribution is 2.16. The standard InChI is InChI=1S/C20H23NO4/c1-14-12-17(10-9-15-6-3-2-4-7-15)25-20(24)18(14)19(23)21-11-5-8-16(22)13-21/h2-4,6-7,12,16,22H,5,8-11,13H2,1H3. The molecule has 0 aliphatic carbocycles. The third kappa shape index (κ3) is 4.17. The van der Waals surface area contributed by atoms with E-state index in [0.717, 1.165) is 12.8 Å². The molecule has 2 heterocycles. The van der Waals surface area contributed by atoms with Crippen molar-refractivity contribution < 1.29 is 14.3 Å². The van der Waals surface area contributed by atoms with E-state index in [4.69, 9.17) is 4.42 Å². The van der Waals surface area contributed by atoms with Crippen molar-refractivity contribution in [2.45, 2.75) is 38.7 Å². The average Bonchev–Trinajstić information content (AvgIpc) is 2.60. The Bertz CT molecular complexity index is 797. The van der Waals surface area contributed by atoms with Gasteiger partial charge in [-0.05, 0) is 43.4 Å². The summed E-state index contributed by atoms with van der Waals surface area (Å²) in [6, 6.07) is 11.8. The van der Waals surface area contributed by atoms with Crippen molar-refractivity contribution in [2.75, 3.05) is 13.1 Å². The summed E-state index contributed by atoms with van der Waals surface area (Å²) in [6.07, 6.45) is 2.30. The number of aliphatic hydroxyl groups is 1. The van der Waals surface area contributed by atoms with Crippen LogP contribution in [0.3, 0.4) is 0 Å². The number of carbonyl (C=O) groups is 1. The molecule has 1 atom stereocenters. The van der Waals surface area contributed by atoms with Crippen molar-refractivity contribution in [2.24, 2.45) is 0 Å². The van der Waals surface area contributed by atoms with Crippen molar-refractivity contribution in [3.63, 3.8) is 0 Å². The predicted molar refractivity (Wildman–Crippen MR) is 94.7 cm³/mol. The van der Waals surface area contributed by atoms with Crippen LogP contribution in [-0.2, 0) is 12.8 Å². The molecule has 1 aromatic heterocycles. The van der Waals surface area contributed by atoms with Gasteiger partial charge in [0.05, 0.1) is 6.10 Å². The van der Waals surface area contributed by atoms with Gasteiger partial charge in [-0.15, -0.1) is 0 Å². The fourth-order valence-electron chi connectivity index (χ4n) is 3.26. The van der Waals surface area contributed by atoms with Gasteiger partial charge in [0.1, 0.15) is 11.3 Å². The number of hydrogen-bond donors (Lipinski definition) is 1. The van der Waals surface area contributed by atoms with Crippen LogP contribution in [0.15, 0.2) is 45.6 Å². The number of carbonyl (C=O) groups excluding carboxylic acids is 1. The molecule has 1 fully saturated rings. The van der Waals surface area contributed by atoms with Gasteiger partial charge in [0.2, 0.25) is 0 Å². The first kappa shape index (κ1) is 17.4. The number of aliphatic hydroxyl groups excluding tert-OH is 1. The lowest BCUT2D eigenvalue weighted by Gasteiger charge is -2.30. The number of nitrogens with zero attached hydrogens (tertiary/aromatic N) is 1. The Labute approximate surface area is 146 Å². The number of likely N-dealkylation sites (tertiary alicyclic amines) is 1. The average molecular weight is 341 g/mol. The van der Waals surface area contributed by atoms with Crippen LogP contribution in [-0.4, -0.2) is 35.1 Å². The number of β-amino-alcohol motifs (C(OH)–C–C–N with tert-alkyl or cyclic N) is 1. The van der Waals surface area contributed by atoms with Gasteiger partial charge in [-0.2, -0.15) is 0 Å². The molecular weight excluding hydrogens is 318 g/mol. The van der Waals surface area contributed by atoms with Gasteiger partial charge in [-0.3, -0.25) is 4.79 Å². The smallest absolute Gasteiger partial charge is 0.349 e. The maximum Gasteiger partial charge on any atom is 0.349 e. The van der Waals surface area contributed by atoms with Gasteiger partial charge in [0, 0.05) is 19.5 Å². The first-order valence-electron chi connectivity index (χ1n) is 8.69. The zero-order chi connectivity index (χ0) is 17.8. The monoisotopic (exact) mass is 341 g/mol. The molecular formula is C20H23NO4. The Morgan fingerprint density at radius 3 is 2.72 bits per heavy atom. The number of hydrogen-bond acceptors (Lipinski definition) is 4.